The number of nitrogens with one attached hydrogen (secondary N) is 1. The maximum absolute atomic E-state index is 12.1. The molecule has 1 amide bonds. The minimum absolute atomic E-state index is 0.0428. The molecule has 1 N–H and O–H groups in total. The highest BCUT2D eigenvalue weighted by Gasteiger charge is 2.39. The summed E-state index contributed by atoms with van der Waals surface area (Å²) in [6, 6.07) is 5.50. The summed E-state index contributed by atoms with van der Waals surface area (Å²) in [7, 11) is 0. The number of ether oxygens (including phenoxy) is 2. The highest BCUT2D eigenvalue weighted by Crippen LogP contribution is 2.41. The predicted octanol–water partition coefficient (Wildman–Crippen LogP) is 3.31. The number of nitrogens with zero attached hydrogens (tertiary/aromatic N) is 1. The molecule has 6 heteroatoms. The molecular weight excluding hydrogens is 296 g/mol. The van der Waals surface area contributed by atoms with Crippen LogP contribution in [0.25, 0.3) is 0 Å². The minimum atomic E-state index is -0.757. The normalized spacial score (nSPS) is 20.6. The lowest BCUT2D eigenvalue weighted by Crippen LogP contribution is -2.47. The maximum atomic E-state index is 12.1. The molecule has 1 saturated carbocycles. The standard InChI is InChI=1S/C17H22N2O4/c1-10-15(20)18-13-9-12(22-16(21)23-17(2,3)4)7-8-14(13)19(10)11-5-6-11/h7-11H,5-6H2,1-4H3,(H,18,20). The van der Waals surface area contributed by atoms with Crippen LogP contribution in [-0.4, -0.2) is 29.7 Å². The number of hydrogen-bond acceptors (Lipinski definition) is 5. The zero-order valence-electron chi connectivity index (χ0n) is 13.9. The average Bonchev–Trinajstić information content (AvgIpc) is 3.22. The van der Waals surface area contributed by atoms with Crippen molar-refractivity contribution in [1.82, 2.24) is 0 Å². The molecular formula is C17H22N2O4. The highest BCUT2D eigenvalue weighted by atomic mass is 16.7. The fourth-order valence-corrected chi connectivity index (χ4v) is 2.71. The van der Waals surface area contributed by atoms with Crippen LogP contribution in [0.2, 0.25) is 0 Å². The Kier molecular flexibility index (Phi) is 3.70. The summed E-state index contributed by atoms with van der Waals surface area (Å²) in [6.07, 6.45) is 1.45. The first-order valence-corrected chi connectivity index (χ1v) is 7.89. The number of amides is 1. The topological polar surface area (TPSA) is 67.9 Å². The Labute approximate surface area is 135 Å². The zero-order valence-corrected chi connectivity index (χ0v) is 13.9. The van der Waals surface area contributed by atoms with Gasteiger partial charge in [-0.2, -0.15) is 0 Å². The quantitative estimate of drug-likeness (QED) is 0.669. The Hall–Kier alpha value is -2.24. The van der Waals surface area contributed by atoms with Gasteiger partial charge in [0, 0.05) is 12.1 Å². The van der Waals surface area contributed by atoms with Gasteiger partial charge in [0.05, 0.1) is 11.4 Å². The van der Waals surface area contributed by atoms with Gasteiger partial charge in [0.1, 0.15) is 17.4 Å². The van der Waals surface area contributed by atoms with Crippen molar-refractivity contribution in [2.24, 2.45) is 0 Å². The molecule has 3 rings (SSSR count). The lowest BCUT2D eigenvalue weighted by molar-refractivity contribution is -0.117. The highest BCUT2D eigenvalue weighted by molar-refractivity contribution is 6.03. The van der Waals surface area contributed by atoms with Gasteiger partial charge < -0.3 is 19.7 Å². The molecule has 1 aromatic carbocycles. The van der Waals surface area contributed by atoms with E-state index in [2.05, 4.69) is 10.2 Å². The smallest absolute Gasteiger partial charge is 0.428 e. The van der Waals surface area contributed by atoms with Crippen molar-refractivity contribution in [2.75, 3.05) is 10.2 Å². The predicted molar refractivity (Wildman–Crippen MR) is 86.9 cm³/mol. The first-order chi connectivity index (χ1) is 10.7. The SMILES string of the molecule is CC1C(=O)Nc2cc(OC(=O)OC(C)(C)C)ccc2N1C1CC1. The summed E-state index contributed by atoms with van der Waals surface area (Å²) < 4.78 is 10.3. The number of hydrogen-bond donors (Lipinski definition) is 1. The van der Waals surface area contributed by atoms with Crippen LogP contribution in [0.4, 0.5) is 16.2 Å². The number of rotatable bonds is 2. The van der Waals surface area contributed by atoms with Gasteiger partial charge in [-0.15, -0.1) is 0 Å². The van der Waals surface area contributed by atoms with E-state index >= 15 is 0 Å². The largest absolute Gasteiger partial charge is 0.514 e. The van der Waals surface area contributed by atoms with Crippen LogP contribution in [0.3, 0.4) is 0 Å². The maximum Gasteiger partial charge on any atom is 0.514 e. The van der Waals surface area contributed by atoms with E-state index in [1.54, 1.807) is 32.9 Å². The van der Waals surface area contributed by atoms with Crippen LogP contribution in [-0.2, 0) is 9.53 Å². The molecule has 6 nitrogen and oxygen atoms in total. The molecule has 23 heavy (non-hydrogen) atoms. The van der Waals surface area contributed by atoms with Gasteiger partial charge in [0.25, 0.3) is 0 Å². The first-order valence-electron chi connectivity index (χ1n) is 7.89. The molecule has 0 aromatic heterocycles. The van der Waals surface area contributed by atoms with Crippen LogP contribution >= 0.6 is 0 Å². The van der Waals surface area contributed by atoms with E-state index < -0.39 is 11.8 Å². The molecule has 1 heterocycles. The number of fused-ring (bicyclic) bond motifs is 1. The third kappa shape index (κ3) is 3.41. The van der Waals surface area contributed by atoms with Crippen molar-refractivity contribution >= 4 is 23.4 Å². The monoisotopic (exact) mass is 318 g/mol. The third-order valence-corrected chi connectivity index (χ3v) is 3.83. The number of carbonyl (C=O) groups excluding carboxylic acids is 2. The summed E-state index contributed by atoms with van der Waals surface area (Å²) in [5.74, 6) is 0.308. The second-order valence-corrected chi connectivity index (χ2v) is 7.05. The van der Waals surface area contributed by atoms with Gasteiger partial charge in [-0.05, 0) is 52.7 Å². The van der Waals surface area contributed by atoms with Crippen molar-refractivity contribution in [3.05, 3.63) is 18.2 Å². The van der Waals surface area contributed by atoms with Gasteiger partial charge in [-0.25, -0.2) is 4.79 Å². The summed E-state index contributed by atoms with van der Waals surface area (Å²) in [5.41, 5.74) is 1.02. The summed E-state index contributed by atoms with van der Waals surface area (Å²) in [6.45, 7) is 7.23. The first kappa shape index (κ1) is 15.6. The third-order valence-electron chi connectivity index (χ3n) is 3.83. The van der Waals surface area contributed by atoms with E-state index in [0.717, 1.165) is 18.5 Å². The Bertz CT molecular complexity index is 646. The Morgan fingerprint density at radius 1 is 1.30 bits per heavy atom. The molecule has 1 unspecified atom stereocenters. The van der Waals surface area contributed by atoms with Crippen molar-refractivity contribution < 1.29 is 19.1 Å². The van der Waals surface area contributed by atoms with E-state index in [1.807, 2.05) is 13.0 Å². The fraction of sp³-hybridized carbons (Fsp3) is 0.529. The van der Waals surface area contributed by atoms with Crippen LogP contribution in [0, 0.1) is 0 Å². The Morgan fingerprint density at radius 2 is 2.00 bits per heavy atom. The van der Waals surface area contributed by atoms with Gasteiger partial charge in [0.2, 0.25) is 5.91 Å². The average molecular weight is 318 g/mol. The minimum Gasteiger partial charge on any atom is -0.428 e. The van der Waals surface area contributed by atoms with Crippen LogP contribution < -0.4 is 15.0 Å². The molecule has 0 radical (unpaired) electrons. The van der Waals surface area contributed by atoms with Gasteiger partial charge in [0.15, 0.2) is 0 Å². The Morgan fingerprint density at radius 3 is 2.61 bits per heavy atom. The van der Waals surface area contributed by atoms with Crippen molar-refractivity contribution in [1.29, 1.82) is 0 Å². The molecule has 0 bridgehead atoms. The lowest BCUT2D eigenvalue weighted by atomic mass is 10.1. The Balaban J connectivity index is 1.81. The molecule has 0 spiro atoms. The van der Waals surface area contributed by atoms with Gasteiger partial charge in [-0.3, -0.25) is 4.79 Å². The summed E-state index contributed by atoms with van der Waals surface area (Å²) in [5, 5.41) is 2.87. The lowest BCUT2D eigenvalue weighted by Gasteiger charge is -2.36. The van der Waals surface area contributed by atoms with E-state index in [4.69, 9.17) is 9.47 Å². The molecule has 1 atom stereocenters. The molecule has 1 aromatic rings. The van der Waals surface area contributed by atoms with E-state index in [9.17, 15) is 9.59 Å². The fourth-order valence-electron chi connectivity index (χ4n) is 2.71. The van der Waals surface area contributed by atoms with Gasteiger partial charge >= 0.3 is 6.16 Å². The van der Waals surface area contributed by atoms with E-state index in [1.165, 1.54) is 0 Å². The van der Waals surface area contributed by atoms with Crippen molar-refractivity contribution in [3.8, 4) is 5.75 Å². The number of carbonyl (C=O) groups is 2. The molecule has 0 saturated heterocycles. The molecule has 1 aliphatic heterocycles. The van der Waals surface area contributed by atoms with E-state index in [-0.39, 0.29) is 11.9 Å². The summed E-state index contributed by atoms with van der Waals surface area (Å²) in [4.78, 5) is 26.0. The van der Waals surface area contributed by atoms with Crippen molar-refractivity contribution in [2.45, 2.75) is 58.2 Å². The van der Waals surface area contributed by atoms with Crippen LogP contribution in [0.1, 0.15) is 40.5 Å². The molecule has 2 aliphatic rings. The second kappa shape index (κ2) is 5.44. The second-order valence-electron chi connectivity index (χ2n) is 7.05. The van der Waals surface area contributed by atoms with Crippen molar-refractivity contribution in [3.63, 3.8) is 0 Å². The summed E-state index contributed by atoms with van der Waals surface area (Å²) >= 11 is 0. The van der Waals surface area contributed by atoms with Crippen LogP contribution in [0.5, 0.6) is 5.75 Å². The molecule has 1 fully saturated rings. The number of anilines is 2. The van der Waals surface area contributed by atoms with Gasteiger partial charge in [-0.1, -0.05) is 0 Å². The number of benzene rings is 1. The zero-order chi connectivity index (χ0) is 16.8. The molecule has 1 aliphatic carbocycles. The molecule has 124 valence electrons. The van der Waals surface area contributed by atoms with Crippen LogP contribution in [0.15, 0.2) is 18.2 Å². The van der Waals surface area contributed by atoms with E-state index in [0.29, 0.717) is 17.5 Å².